The lowest BCUT2D eigenvalue weighted by Crippen LogP contribution is -2.23. The number of hydrogen-bond acceptors (Lipinski definition) is 5. The highest BCUT2D eigenvalue weighted by atomic mass is 32.2. The van der Waals surface area contributed by atoms with E-state index >= 15 is 0 Å². The molecule has 20 heavy (non-hydrogen) atoms. The molecule has 0 radical (unpaired) electrons. The summed E-state index contributed by atoms with van der Waals surface area (Å²) in [6, 6.07) is 7.98. The zero-order valence-electron chi connectivity index (χ0n) is 10.5. The summed E-state index contributed by atoms with van der Waals surface area (Å²) in [7, 11) is -3.92. The molecule has 0 N–H and O–H groups in total. The number of Topliss-reactive ketones (excluding diaryl/α,β-unsaturated/α-hetero) is 1. The van der Waals surface area contributed by atoms with Crippen molar-refractivity contribution < 1.29 is 17.4 Å². The molecule has 0 saturated carbocycles. The van der Waals surface area contributed by atoms with Crippen LogP contribution in [0.1, 0.15) is 24.4 Å². The van der Waals surface area contributed by atoms with Gasteiger partial charge in [-0.05, 0) is 17.5 Å². The van der Waals surface area contributed by atoms with Crippen LogP contribution in [0.5, 0.6) is 0 Å². The number of ketones is 1. The van der Waals surface area contributed by atoms with E-state index in [2.05, 4.69) is 10.0 Å². The molecule has 0 aliphatic carbocycles. The molecule has 2 atom stereocenters. The third-order valence-corrected chi connectivity index (χ3v) is 4.20. The smallest absolute Gasteiger partial charge is 0.274 e. The minimum atomic E-state index is -3.92. The van der Waals surface area contributed by atoms with E-state index in [4.69, 9.17) is 9.71 Å². The van der Waals surface area contributed by atoms with Crippen molar-refractivity contribution in [3.8, 4) is 0 Å². The van der Waals surface area contributed by atoms with Crippen LogP contribution in [0.4, 0.5) is 0 Å². The van der Waals surface area contributed by atoms with Gasteiger partial charge in [0.1, 0.15) is 11.5 Å². The Kier molecular flexibility index (Phi) is 4.39. The molecule has 8 heteroatoms. The molecule has 0 amide bonds. The second-order valence-electron chi connectivity index (χ2n) is 4.47. The van der Waals surface area contributed by atoms with E-state index < -0.39 is 28.0 Å². The molecule has 1 aromatic rings. The van der Waals surface area contributed by atoms with Crippen LogP contribution in [0.2, 0.25) is 0 Å². The van der Waals surface area contributed by atoms with Crippen LogP contribution in [-0.2, 0) is 19.1 Å². The lowest BCUT2D eigenvalue weighted by Gasteiger charge is -2.21. The van der Waals surface area contributed by atoms with E-state index in [1.165, 1.54) is 0 Å². The SMILES string of the molecule is [N-]=[N+]=N[C@@H](c1ccccc1)[C@H]1CCC(=O)CS(=O)(=O)O1. The van der Waals surface area contributed by atoms with Crippen molar-refractivity contribution in [2.24, 2.45) is 5.11 Å². The van der Waals surface area contributed by atoms with Gasteiger partial charge >= 0.3 is 0 Å². The Labute approximate surface area is 116 Å². The van der Waals surface area contributed by atoms with E-state index in [0.717, 1.165) is 0 Å². The average molecular weight is 295 g/mol. The maximum atomic E-state index is 11.7. The Balaban J connectivity index is 2.34. The van der Waals surface area contributed by atoms with Crippen molar-refractivity contribution in [2.45, 2.75) is 25.0 Å². The largest absolute Gasteiger partial charge is 0.298 e. The lowest BCUT2D eigenvalue weighted by atomic mass is 9.98. The van der Waals surface area contributed by atoms with Crippen molar-refractivity contribution >= 4 is 15.9 Å². The summed E-state index contributed by atoms with van der Waals surface area (Å²) in [5.41, 5.74) is 9.32. The minimum absolute atomic E-state index is 0.0914. The molecule has 1 aromatic carbocycles. The number of rotatable bonds is 3. The van der Waals surface area contributed by atoms with Crippen LogP contribution in [0.15, 0.2) is 35.4 Å². The van der Waals surface area contributed by atoms with Crippen LogP contribution >= 0.6 is 0 Å². The molecule has 0 spiro atoms. The molecule has 1 aliphatic rings. The fraction of sp³-hybridized carbons (Fsp3) is 0.417. The first-order chi connectivity index (χ1) is 9.52. The van der Waals surface area contributed by atoms with Gasteiger partial charge in [0.15, 0.2) is 0 Å². The molecule has 1 saturated heterocycles. The van der Waals surface area contributed by atoms with E-state index in [-0.39, 0.29) is 18.6 Å². The van der Waals surface area contributed by atoms with Gasteiger partial charge in [-0.2, -0.15) is 8.42 Å². The molecular formula is C12H13N3O4S. The fourth-order valence-corrected chi connectivity index (χ4v) is 3.30. The van der Waals surface area contributed by atoms with Crippen molar-refractivity contribution in [3.05, 3.63) is 46.3 Å². The number of hydrogen-bond donors (Lipinski definition) is 0. The number of nitrogens with zero attached hydrogens (tertiary/aromatic N) is 3. The number of benzene rings is 1. The molecule has 0 unspecified atom stereocenters. The summed E-state index contributed by atoms with van der Waals surface area (Å²) in [5.74, 6) is -1.01. The number of azide groups is 1. The average Bonchev–Trinajstić information content (AvgIpc) is 2.54. The Hall–Kier alpha value is -1.89. The first-order valence-corrected chi connectivity index (χ1v) is 7.61. The monoisotopic (exact) mass is 295 g/mol. The predicted octanol–water partition coefficient (Wildman–Crippen LogP) is 2.12. The second-order valence-corrected chi connectivity index (χ2v) is 6.07. The highest BCUT2D eigenvalue weighted by Gasteiger charge is 2.33. The van der Waals surface area contributed by atoms with Crippen molar-refractivity contribution in [2.75, 3.05) is 5.75 Å². The molecule has 7 nitrogen and oxygen atoms in total. The van der Waals surface area contributed by atoms with E-state index in [1.807, 2.05) is 0 Å². The third kappa shape index (κ3) is 3.57. The van der Waals surface area contributed by atoms with Gasteiger partial charge in [-0.15, -0.1) is 0 Å². The molecule has 0 bridgehead atoms. The van der Waals surface area contributed by atoms with Crippen LogP contribution in [0.3, 0.4) is 0 Å². The van der Waals surface area contributed by atoms with Crippen molar-refractivity contribution in [1.29, 1.82) is 0 Å². The zero-order chi connectivity index (χ0) is 14.6. The van der Waals surface area contributed by atoms with Gasteiger partial charge in [-0.1, -0.05) is 35.4 Å². The molecular weight excluding hydrogens is 282 g/mol. The molecule has 1 aliphatic heterocycles. The fourth-order valence-electron chi connectivity index (χ4n) is 2.12. The normalized spacial score (nSPS) is 23.4. The Morgan fingerprint density at radius 3 is 2.70 bits per heavy atom. The van der Waals surface area contributed by atoms with Crippen LogP contribution < -0.4 is 0 Å². The van der Waals surface area contributed by atoms with Crippen molar-refractivity contribution in [3.63, 3.8) is 0 Å². The summed E-state index contributed by atoms with van der Waals surface area (Å²) in [6.07, 6.45) is -0.560. The summed E-state index contributed by atoms with van der Waals surface area (Å²) in [5, 5.41) is 3.63. The molecule has 2 rings (SSSR count). The summed E-state index contributed by atoms with van der Waals surface area (Å²) in [4.78, 5) is 14.1. The van der Waals surface area contributed by atoms with Gasteiger partial charge in [0.05, 0.1) is 12.1 Å². The summed E-state index contributed by atoms with van der Waals surface area (Å²) in [6.45, 7) is 0. The highest BCUT2D eigenvalue weighted by molar-refractivity contribution is 7.87. The maximum Gasteiger partial charge on any atom is 0.274 e. The highest BCUT2D eigenvalue weighted by Crippen LogP contribution is 2.30. The Bertz CT molecular complexity index is 638. The quantitative estimate of drug-likeness (QED) is 0.368. The van der Waals surface area contributed by atoms with Gasteiger partial charge in [-0.3, -0.25) is 8.98 Å². The van der Waals surface area contributed by atoms with Gasteiger partial charge in [0, 0.05) is 11.3 Å². The summed E-state index contributed by atoms with van der Waals surface area (Å²) < 4.78 is 28.3. The first-order valence-electron chi connectivity index (χ1n) is 6.03. The third-order valence-electron chi connectivity index (χ3n) is 2.98. The molecule has 1 heterocycles. The Morgan fingerprint density at radius 1 is 1.35 bits per heavy atom. The van der Waals surface area contributed by atoms with Gasteiger partial charge in [0.25, 0.3) is 10.1 Å². The lowest BCUT2D eigenvalue weighted by molar-refractivity contribution is -0.116. The standard InChI is InChI=1S/C12H13N3O4S/c13-15-14-12(9-4-2-1-3-5-9)11-7-6-10(16)8-20(17,18)19-11/h1-5,11-12H,6-8H2/t11-,12+/m1/s1. The second kappa shape index (κ2) is 6.04. The van der Waals surface area contributed by atoms with E-state index in [0.29, 0.717) is 5.56 Å². The number of carbonyl (C=O) groups is 1. The van der Waals surface area contributed by atoms with Crippen LogP contribution in [0, 0.1) is 0 Å². The Morgan fingerprint density at radius 2 is 2.05 bits per heavy atom. The topological polar surface area (TPSA) is 109 Å². The number of carbonyl (C=O) groups excluding carboxylic acids is 1. The predicted molar refractivity (Wildman–Crippen MR) is 71.2 cm³/mol. The van der Waals surface area contributed by atoms with Gasteiger partial charge in [-0.25, -0.2) is 0 Å². The van der Waals surface area contributed by atoms with Crippen LogP contribution in [0.25, 0.3) is 10.4 Å². The minimum Gasteiger partial charge on any atom is -0.298 e. The maximum absolute atomic E-state index is 11.7. The van der Waals surface area contributed by atoms with Crippen LogP contribution in [-0.4, -0.2) is 26.1 Å². The van der Waals surface area contributed by atoms with E-state index in [9.17, 15) is 13.2 Å². The molecule has 1 fully saturated rings. The first kappa shape index (κ1) is 14.5. The van der Waals surface area contributed by atoms with Gasteiger partial charge < -0.3 is 0 Å². The zero-order valence-corrected chi connectivity index (χ0v) is 11.4. The molecule has 106 valence electrons. The van der Waals surface area contributed by atoms with E-state index in [1.54, 1.807) is 30.3 Å². The van der Waals surface area contributed by atoms with Gasteiger partial charge in [0.2, 0.25) is 0 Å². The summed E-state index contributed by atoms with van der Waals surface area (Å²) >= 11 is 0. The molecule has 0 aromatic heterocycles. The van der Waals surface area contributed by atoms with Crippen molar-refractivity contribution in [1.82, 2.24) is 0 Å².